The third kappa shape index (κ3) is 3.54. The standard InChI is InChI=1S/C16H18N10O/c17-23-16-15(19-8-12-1-2-14-18-3-4-26(14)24-12)22-13(9-20-16)11-7-21-25(10-11)5-6-27/h1-4,7,9-10,27H,5-6,8,17H2,(H,19,22)(H,20,23). The van der Waals surface area contributed by atoms with Gasteiger partial charge in [-0.25, -0.2) is 25.3 Å². The summed E-state index contributed by atoms with van der Waals surface area (Å²) >= 11 is 0. The van der Waals surface area contributed by atoms with Crippen molar-refractivity contribution in [2.75, 3.05) is 17.3 Å². The van der Waals surface area contributed by atoms with Crippen LogP contribution in [0.1, 0.15) is 5.69 Å². The van der Waals surface area contributed by atoms with Gasteiger partial charge in [-0.2, -0.15) is 10.2 Å². The number of aromatic nitrogens is 7. The maximum atomic E-state index is 9.01. The average molecular weight is 366 g/mol. The van der Waals surface area contributed by atoms with Gasteiger partial charge in [0.1, 0.15) is 0 Å². The molecule has 0 amide bonds. The summed E-state index contributed by atoms with van der Waals surface area (Å²) < 4.78 is 3.35. The summed E-state index contributed by atoms with van der Waals surface area (Å²) in [5.41, 5.74) is 5.56. The predicted octanol–water partition coefficient (Wildman–Crippen LogP) is 0.273. The molecule has 0 fully saturated rings. The summed E-state index contributed by atoms with van der Waals surface area (Å²) in [6.07, 6.45) is 8.57. The summed E-state index contributed by atoms with van der Waals surface area (Å²) in [4.78, 5) is 13.0. The van der Waals surface area contributed by atoms with Gasteiger partial charge in [0.2, 0.25) is 0 Å². The van der Waals surface area contributed by atoms with Crippen molar-refractivity contribution in [1.82, 2.24) is 34.3 Å². The SMILES string of the molecule is NNc1ncc(-c2cnn(CCO)c2)nc1NCc1ccc2nccn2n1. The first kappa shape index (κ1) is 16.9. The van der Waals surface area contributed by atoms with Crippen LogP contribution in [0.4, 0.5) is 11.6 Å². The van der Waals surface area contributed by atoms with Crippen molar-refractivity contribution in [3.8, 4) is 11.3 Å². The van der Waals surface area contributed by atoms with Gasteiger partial charge >= 0.3 is 0 Å². The fraction of sp³-hybridized carbons (Fsp3) is 0.188. The maximum absolute atomic E-state index is 9.01. The average Bonchev–Trinajstić information content (AvgIpc) is 3.35. The number of nitrogens with two attached hydrogens (primary N) is 1. The van der Waals surface area contributed by atoms with Gasteiger partial charge in [0.05, 0.1) is 43.5 Å². The van der Waals surface area contributed by atoms with E-state index in [-0.39, 0.29) is 6.61 Å². The summed E-state index contributed by atoms with van der Waals surface area (Å²) in [5.74, 6) is 6.47. The van der Waals surface area contributed by atoms with Gasteiger partial charge in [-0.3, -0.25) is 4.68 Å². The zero-order valence-corrected chi connectivity index (χ0v) is 14.3. The van der Waals surface area contributed by atoms with Crippen molar-refractivity contribution >= 4 is 17.3 Å². The number of nitrogens with one attached hydrogen (secondary N) is 2. The van der Waals surface area contributed by atoms with E-state index in [9.17, 15) is 0 Å². The third-order valence-electron chi connectivity index (χ3n) is 3.91. The normalized spacial score (nSPS) is 11.0. The molecule has 0 spiro atoms. The van der Waals surface area contributed by atoms with Crippen LogP contribution in [0.2, 0.25) is 0 Å². The molecule has 11 nitrogen and oxygen atoms in total. The minimum atomic E-state index is 0.0178. The van der Waals surface area contributed by atoms with Crippen molar-refractivity contribution in [2.45, 2.75) is 13.1 Å². The topological polar surface area (TPSA) is 144 Å². The zero-order chi connectivity index (χ0) is 18.6. The second kappa shape index (κ2) is 7.35. The first-order valence-electron chi connectivity index (χ1n) is 8.27. The molecule has 4 aromatic rings. The highest BCUT2D eigenvalue weighted by molar-refractivity contribution is 5.65. The number of rotatable bonds is 7. The number of nitrogen functional groups attached to an aromatic ring is 1. The van der Waals surface area contributed by atoms with Gasteiger partial charge in [-0.1, -0.05) is 0 Å². The molecule has 0 aliphatic rings. The molecule has 4 rings (SSSR count). The molecule has 138 valence electrons. The maximum Gasteiger partial charge on any atom is 0.183 e. The lowest BCUT2D eigenvalue weighted by Crippen LogP contribution is -2.14. The molecule has 0 aromatic carbocycles. The van der Waals surface area contributed by atoms with E-state index in [1.807, 2.05) is 12.1 Å². The number of hydrogen-bond donors (Lipinski definition) is 4. The second-order valence-corrected chi connectivity index (χ2v) is 5.72. The minimum Gasteiger partial charge on any atom is -0.394 e. The number of nitrogens with zero attached hydrogens (tertiary/aromatic N) is 7. The fourth-order valence-corrected chi connectivity index (χ4v) is 2.60. The van der Waals surface area contributed by atoms with Crippen LogP contribution in [0.3, 0.4) is 0 Å². The van der Waals surface area contributed by atoms with E-state index in [2.05, 4.69) is 35.9 Å². The molecular formula is C16H18N10O. The largest absolute Gasteiger partial charge is 0.394 e. The highest BCUT2D eigenvalue weighted by Gasteiger charge is 2.10. The van der Waals surface area contributed by atoms with Crippen LogP contribution in [0.25, 0.3) is 16.9 Å². The second-order valence-electron chi connectivity index (χ2n) is 5.72. The van der Waals surface area contributed by atoms with Crippen LogP contribution in [-0.4, -0.2) is 46.1 Å². The van der Waals surface area contributed by atoms with Gasteiger partial charge in [0.25, 0.3) is 0 Å². The smallest absolute Gasteiger partial charge is 0.183 e. The number of hydrogen-bond acceptors (Lipinski definition) is 9. The lowest BCUT2D eigenvalue weighted by Gasteiger charge is -2.11. The molecule has 27 heavy (non-hydrogen) atoms. The number of aliphatic hydroxyl groups is 1. The predicted molar refractivity (Wildman–Crippen MR) is 98.5 cm³/mol. The molecule has 11 heteroatoms. The Kier molecular flexibility index (Phi) is 4.60. The fourth-order valence-electron chi connectivity index (χ4n) is 2.60. The van der Waals surface area contributed by atoms with Crippen molar-refractivity contribution in [2.24, 2.45) is 5.84 Å². The molecule has 4 heterocycles. The lowest BCUT2D eigenvalue weighted by molar-refractivity contribution is 0.269. The van der Waals surface area contributed by atoms with Crippen molar-refractivity contribution in [1.29, 1.82) is 0 Å². The van der Waals surface area contributed by atoms with E-state index in [0.29, 0.717) is 30.4 Å². The molecule has 4 aromatic heterocycles. The van der Waals surface area contributed by atoms with Gasteiger partial charge in [-0.05, 0) is 12.1 Å². The van der Waals surface area contributed by atoms with Crippen LogP contribution in [0.15, 0.2) is 43.1 Å². The summed E-state index contributed by atoms with van der Waals surface area (Å²) in [6.45, 7) is 0.873. The molecule has 0 unspecified atom stereocenters. The highest BCUT2D eigenvalue weighted by atomic mass is 16.3. The van der Waals surface area contributed by atoms with E-state index in [0.717, 1.165) is 16.9 Å². The van der Waals surface area contributed by atoms with E-state index in [4.69, 9.17) is 10.9 Å². The first-order chi connectivity index (χ1) is 13.3. The quantitative estimate of drug-likeness (QED) is 0.267. The third-order valence-corrected chi connectivity index (χ3v) is 3.91. The van der Waals surface area contributed by atoms with E-state index in [1.165, 1.54) is 0 Å². The zero-order valence-electron chi connectivity index (χ0n) is 14.3. The van der Waals surface area contributed by atoms with Crippen molar-refractivity contribution in [3.63, 3.8) is 0 Å². The Morgan fingerprint density at radius 1 is 1.15 bits per heavy atom. The van der Waals surface area contributed by atoms with E-state index >= 15 is 0 Å². The van der Waals surface area contributed by atoms with Crippen LogP contribution >= 0.6 is 0 Å². The summed E-state index contributed by atoms with van der Waals surface area (Å²) in [6, 6.07) is 3.78. The summed E-state index contributed by atoms with van der Waals surface area (Å²) in [5, 5.41) is 20.9. The lowest BCUT2D eigenvalue weighted by atomic mass is 10.2. The number of fused-ring (bicyclic) bond motifs is 1. The minimum absolute atomic E-state index is 0.0178. The van der Waals surface area contributed by atoms with E-state index in [1.54, 1.807) is 40.2 Å². The van der Waals surface area contributed by atoms with Crippen molar-refractivity contribution in [3.05, 3.63) is 48.8 Å². The number of anilines is 2. The van der Waals surface area contributed by atoms with Crippen LogP contribution in [0.5, 0.6) is 0 Å². The molecule has 0 aliphatic heterocycles. The number of imidazole rings is 1. The van der Waals surface area contributed by atoms with Crippen LogP contribution in [0, 0.1) is 0 Å². The van der Waals surface area contributed by atoms with Crippen molar-refractivity contribution < 1.29 is 5.11 Å². The van der Waals surface area contributed by atoms with Gasteiger partial charge in [0, 0.05) is 24.2 Å². The molecule has 0 aliphatic carbocycles. The number of hydrazine groups is 1. The number of aliphatic hydroxyl groups excluding tert-OH is 1. The molecule has 0 radical (unpaired) electrons. The Morgan fingerprint density at radius 2 is 2.07 bits per heavy atom. The Morgan fingerprint density at radius 3 is 2.93 bits per heavy atom. The molecular weight excluding hydrogens is 348 g/mol. The summed E-state index contributed by atoms with van der Waals surface area (Å²) in [7, 11) is 0. The first-order valence-corrected chi connectivity index (χ1v) is 8.27. The monoisotopic (exact) mass is 366 g/mol. The van der Waals surface area contributed by atoms with Crippen LogP contribution in [-0.2, 0) is 13.1 Å². The molecule has 0 atom stereocenters. The van der Waals surface area contributed by atoms with Gasteiger partial charge < -0.3 is 15.8 Å². The highest BCUT2D eigenvalue weighted by Crippen LogP contribution is 2.22. The van der Waals surface area contributed by atoms with Gasteiger partial charge in [-0.15, -0.1) is 0 Å². The Bertz CT molecular complexity index is 1060. The Labute approximate surface area is 153 Å². The van der Waals surface area contributed by atoms with Crippen LogP contribution < -0.4 is 16.6 Å². The molecule has 0 bridgehead atoms. The Balaban J connectivity index is 1.56. The molecule has 5 N–H and O–H groups in total. The van der Waals surface area contributed by atoms with E-state index < -0.39 is 0 Å². The Hall–Kier alpha value is -3.57. The van der Waals surface area contributed by atoms with Gasteiger partial charge in [0.15, 0.2) is 17.3 Å². The molecule has 0 saturated carbocycles. The molecule has 0 saturated heterocycles.